The highest BCUT2D eigenvalue weighted by molar-refractivity contribution is 7.89. The Kier molecular flexibility index (Phi) is 4.31. The van der Waals surface area contributed by atoms with E-state index in [9.17, 15) is 8.42 Å². The number of hydrogen-bond donors (Lipinski definition) is 0. The van der Waals surface area contributed by atoms with E-state index in [0.717, 1.165) is 23.3 Å². The summed E-state index contributed by atoms with van der Waals surface area (Å²) < 4.78 is 35.7. The van der Waals surface area contributed by atoms with Crippen molar-refractivity contribution in [2.24, 2.45) is 0 Å². The van der Waals surface area contributed by atoms with Gasteiger partial charge in [0.2, 0.25) is 10.0 Å². The van der Waals surface area contributed by atoms with Crippen LogP contribution in [0.5, 0.6) is 0 Å². The van der Waals surface area contributed by atoms with Crippen LogP contribution in [0.4, 0.5) is 0 Å². The summed E-state index contributed by atoms with van der Waals surface area (Å²) in [4.78, 5) is 6.77. The molecular weight excluding hydrogens is 366 g/mol. The van der Waals surface area contributed by atoms with Crippen molar-refractivity contribution in [1.82, 2.24) is 22.9 Å². The first-order chi connectivity index (χ1) is 11.6. The number of aromatic nitrogens is 3. The molecule has 0 aliphatic carbocycles. The molecule has 2 aromatic heterocycles. The Morgan fingerprint density at radius 3 is 2.71 bits per heavy atom. The smallest absolute Gasteiger partial charge is 0.245 e. The lowest BCUT2D eigenvalue weighted by atomic mass is 10.3. The number of nitrogens with zero attached hydrogens (tertiary/aromatic N) is 5. The molecule has 0 bridgehead atoms. The standard InChI is InChI=1S/C14H15N5O2S3/c20-24(21,12-3-1-2-11-14(12)17-23-16-11)19-7-5-18(6-8-19)10-13-15-4-9-22-13/h1-4,9H,5-8,10H2. The largest absolute Gasteiger partial charge is 0.294 e. The van der Waals surface area contributed by atoms with Gasteiger partial charge in [0.15, 0.2) is 0 Å². The predicted octanol–water partition coefficient (Wildman–Crippen LogP) is 1.65. The van der Waals surface area contributed by atoms with E-state index in [2.05, 4.69) is 18.6 Å². The van der Waals surface area contributed by atoms with E-state index in [0.29, 0.717) is 37.2 Å². The van der Waals surface area contributed by atoms with Crippen molar-refractivity contribution in [2.75, 3.05) is 26.2 Å². The first-order valence-corrected chi connectivity index (χ1v) is 10.5. The fourth-order valence-corrected chi connectivity index (χ4v) is 5.61. The Hall–Kier alpha value is -1.46. The van der Waals surface area contributed by atoms with Gasteiger partial charge in [0.25, 0.3) is 0 Å². The molecule has 4 rings (SSSR count). The van der Waals surface area contributed by atoms with Crippen LogP contribution < -0.4 is 0 Å². The summed E-state index contributed by atoms with van der Waals surface area (Å²) in [6, 6.07) is 5.11. The lowest BCUT2D eigenvalue weighted by Crippen LogP contribution is -2.48. The molecule has 1 saturated heterocycles. The molecule has 10 heteroatoms. The number of thiazole rings is 1. The first kappa shape index (κ1) is 16.0. The maximum absolute atomic E-state index is 13.0. The number of fused-ring (bicyclic) bond motifs is 1. The molecule has 1 aliphatic heterocycles. The van der Waals surface area contributed by atoms with Crippen molar-refractivity contribution >= 4 is 44.1 Å². The van der Waals surface area contributed by atoms with E-state index < -0.39 is 10.0 Å². The maximum atomic E-state index is 13.0. The highest BCUT2D eigenvalue weighted by atomic mass is 32.2. The highest BCUT2D eigenvalue weighted by Gasteiger charge is 2.30. The van der Waals surface area contributed by atoms with Gasteiger partial charge in [0.1, 0.15) is 20.9 Å². The molecule has 1 aromatic carbocycles. The van der Waals surface area contributed by atoms with Gasteiger partial charge in [0.05, 0.1) is 18.3 Å². The van der Waals surface area contributed by atoms with Gasteiger partial charge in [-0.25, -0.2) is 13.4 Å². The third kappa shape index (κ3) is 2.95. The minimum Gasteiger partial charge on any atom is -0.294 e. The predicted molar refractivity (Wildman–Crippen MR) is 93.6 cm³/mol. The topological polar surface area (TPSA) is 79.3 Å². The van der Waals surface area contributed by atoms with Crippen molar-refractivity contribution in [3.05, 3.63) is 34.8 Å². The van der Waals surface area contributed by atoms with E-state index in [1.165, 1.54) is 0 Å². The Labute approximate surface area is 147 Å². The summed E-state index contributed by atoms with van der Waals surface area (Å²) in [5.41, 5.74) is 1.09. The fourth-order valence-electron chi connectivity index (χ4n) is 2.78. The molecule has 0 unspecified atom stereocenters. The average Bonchev–Trinajstić information content (AvgIpc) is 3.26. The Morgan fingerprint density at radius 2 is 1.96 bits per heavy atom. The molecule has 1 fully saturated rings. The lowest BCUT2D eigenvalue weighted by Gasteiger charge is -2.33. The molecule has 126 valence electrons. The molecule has 7 nitrogen and oxygen atoms in total. The van der Waals surface area contributed by atoms with Crippen molar-refractivity contribution in [3.8, 4) is 0 Å². The number of hydrogen-bond acceptors (Lipinski definition) is 8. The van der Waals surface area contributed by atoms with Gasteiger partial charge < -0.3 is 0 Å². The van der Waals surface area contributed by atoms with Crippen LogP contribution >= 0.6 is 23.1 Å². The monoisotopic (exact) mass is 381 g/mol. The Morgan fingerprint density at radius 1 is 1.12 bits per heavy atom. The molecule has 3 heterocycles. The van der Waals surface area contributed by atoms with Crippen molar-refractivity contribution in [2.45, 2.75) is 11.4 Å². The second-order valence-corrected chi connectivity index (χ2v) is 8.91. The number of piperazine rings is 1. The summed E-state index contributed by atoms with van der Waals surface area (Å²) in [5, 5.41) is 3.02. The maximum Gasteiger partial charge on any atom is 0.245 e. The summed E-state index contributed by atoms with van der Waals surface area (Å²) >= 11 is 2.66. The van der Waals surface area contributed by atoms with Gasteiger partial charge in [-0.15, -0.1) is 11.3 Å². The van der Waals surface area contributed by atoms with Gasteiger partial charge >= 0.3 is 0 Å². The van der Waals surface area contributed by atoms with Crippen LogP contribution in [0.2, 0.25) is 0 Å². The van der Waals surface area contributed by atoms with Crippen LogP contribution in [0, 0.1) is 0 Å². The van der Waals surface area contributed by atoms with Crippen LogP contribution in [0.1, 0.15) is 5.01 Å². The fraction of sp³-hybridized carbons (Fsp3) is 0.357. The molecule has 3 aromatic rings. The van der Waals surface area contributed by atoms with E-state index in [1.54, 1.807) is 40.0 Å². The number of benzene rings is 1. The van der Waals surface area contributed by atoms with Crippen LogP contribution in [-0.4, -0.2) is 57.5 Å². The first-order valence-electron chi connectivity index (χ1n) is 7.47. The lowest BCUT2D eigenvalue weighted by molar-refractivity contribution is 0.181. The van der Waals surface area contributed by atoms with Gasteiger partial charge in [-0.1, -0.05) is 6.07 Å². The van der Waals surface area contributed by atoms with Crippen molar-refractivity contribution < 1.29 is 8.42 Å². The van der Waals surface area contributed by atoms with Gasteiger partial charge in [-0.2, -0.15) is 13.1 Å². The minimum absolute atomic E-state index is 0.252. The highest BCUT2D eigenvalue weighted by Crippen LogP contribution is 2.25. The number of sulfonamides is 1. The van der Waals surface area contributed by atoms with Crippen LogP contribution in [-0.2, 0) is 16.6 Å². The molecule has 1 aliphatic rings. The summed E-state index contributed by atoms with van der Waals surface area (Å²) in [5.74, 6) is 0. The second kappa shape index (κ2) is 6.45. The minimum atomic E-state index is -3.55. The zero-order chi connectivity index (χ0) is 16.6. The molecular formula is C14H15N5O2S3. The third-order valence-electron chi connectivity index (χ3n) is 4.04. The van der Waals surface area contributed by atoms with E-state index in [-0.39, 0.29) is 4.90 Å². The average molecular weight is 382 g/mol. The van der Waals surface area contributed by atoms with E-state index >= 15 is 0 Å². The molecule has 0 atom stereocenters. The van der Waals surface area contributed by atoms with Crippen LogP contribution in [0.15, 0.2) is 34.7 Å². The van der Waals surface area contributed by atoms with Crippen molar-refractivity contribution in [3.63, 3.8) is 0 Å². The third-order valence-corrected chi connectivity index (χ3v) is 7.28. The van der Waals surface area contributed by atoms with Crippen LogP contribution in [0.25, 0.3) is 11.0 Å². The SMILES string of the molecule is O=S(=O)(c1cccc2nsnc12)N1CCN(Cc2nccs2)CC1. The van der Waals surface area contributed by atoms with Gasteiger partial charge in [-0.05, 0) is 12.1 Å². The molecule has 0 amide bonds. The van der Waals surface area contributed by atoms with E-state index in [4.69, 9.17) is 0 Å². The second-order valence-electron chi connectivity index (χ2n) is 5.49. The summed E-state index contributed by atoms with van der Waals surface area (Å²) in [6.45, 7) is 3.12. The van der Waals surface area contributed by atoms with E-state index in [1.807, 2.05) is 5.38 Å². The van der Waals surface area contributed by atoms with Crippen LogP contribution in [0.3, 0.4) is 0 Å². The van der Waals surface area contributed by atoms with Gasteiger partial charge in [-0.3, -0.25) is 4.90 Å². The van der Waals surface area contributed by atoms with Gasteiger partial charge in [0, 0.05) is 37.8 Å². The summed E-state index contributed by atoms with van der Waals surface area (Å²) in [6.07, 6.45) is 1.79. The number of rotatable bonds is 4. The molecule has 0 saturated carbocycles. The zero-order valence-electron chi connectivity index (χ0n) is 12.7. The normalized spacial score (nSPS) is 17.5. The Bertz CT molecular complexity index is 930. The zero-order valence-corrected chi connectivity index (χ0v) is 15.1. The quantitative estimate of drug-likeness (QED) is 0.684. The molecule has 0 spiro atoms. The molecule has 24 heavy (non-hydrogen) atoms. The molecule has 0 radical (unpaired) electrons. The van der Waals surface area contributed by atoms with Crippen molar-refractivity contribution in [1.29, 1.82) is 0 Å². The Balaban J connectivity index is 1.51. The summed E-state index contributed by atoms with van der Waals surface area (Å²) in [7, 11) is -3.55. The molecule has 0 N–H and O–H groups in total.